The Morgan fingerprint density at radius 3 is 2.63 bits per heavy atom. The van der Waals surface area contributed by atoms with Gasteiger partial charge >= 0.3 is 0 Å². The quantitative estimate of drug-likeness (QED) is 0.757. The van der Waals surface area contributed by atoms with Crippen LogP contribution in [0, 0.1) is 0 Å². The molecule has 0 saturated carbocycles. The van der Waals surface area contributed by atoms with Crippen molar-refractivity contribution in [3.05, 3.63) is 66.4 Å². The van der Waals surface area contributed by atoms with Crippen LogP contribution in [-0.4, -0.2) is 23.4 Å². The van der Waals surface area contributed by atoms with Gasteiger partial charge in [-0.25, -0.2) is 0 Å². The summed E-state index contributed by atoms with van der Waals surface area (Å²) in [4.78, 5) is 24.6. The summed E-state index contributed by atoms with van der Waals surface area (Å²) in [5.41, 5.74) is 1.92. The maximum Gasteiger partial charge on any atom is 0.267 e. The van der Waals surface area contributed by atoms with Gasteiger partial charge in [-0.3, -0.25) is 14.6 Å². The van der Waals surface area contributed by atoms with Gasteiger partial charge in [-0.05, 0) is 31.2 Å². The topological polar surface area (TPSA) is 74.9 Å². The lowest BCUT2D eigenvalue weighted by molar-refractivity contribution is -0.118. The van der Waals surface area contributed by atoms with E-state index in [0.717, 1.165) is 16.7 Å². The van der Waals surface area contributed by atoms with Crippen molar-refractivity contribution < 1.29 is 14.0 Å². The van der Waals surface area contributed by atoms with Gasteiger partial charge in [-0.1, -0.05) is 36.4 Å². The summed E-state index contributed by atoms with van der Waals surface area (Å²) in [7, 11) is 0. The third kappa shape index (κ3) is 3.46. The van der Waals surface area contributed by atoms with Crippen LogP contribution in [0.3, 0.4) is 0 Å². The number of carbonyl (C=O) groups is 2. The highest BCUT2D eigenvalue weighted by atomic mass is 16.3. The van der Waals surface area contributed by atoms with Gasteiger partial charge in [-0.15, -0.1) is 0 Å². The molecule has 0 bridgehead atoms. The lowest BCUT2D eigenvalue weighted by Crippen LogP contribution is -2.34. The standard InChI is InChI=1S/C21H19N3O3/c1-14(25)19-12-18(23-24(19)16-8-3-2-4-9-16)21(26)22-13-17-11-15-7-5-6-10-20(15)27-17/h2-11,19H,12-13H2,1H3,(H,22,26). The number of hydrazone groups is 1. The molecule has 1 aliphatic heterocycles. The van der Waals surface area contributed by atoms with Gasteiger partial charge in [0.2, 0.25) is 0 Å². The molecule has 0 aliphatic carbocycles. The van der Waals surface area contributed by atoms with Gasteiger partial charge in [0.15, 0.2) is 5.78 Å². The fourth-order valence-electron chi connectivity index (χ4n) is 3.18. The van der Waals surface area contributed by atoms with Crippen molar-refractivity contribution in [3.8, 4) is 0 Å². The van der Waals surface area contributed by atoms with Crippen molar-refractivity contribution in [1.82, 2.24) is 5.32 Å². The molecule has 0 fully saturated rings. The molecule has 1 aliphatic rings. The molecular weight excluding hydrogens is 342 g/mol. The highest BCUT2D eigenvalue weighted by Crippen LogP contribution is 2.25. The van der Waals surface area contributed by atoms with Gasteiger partial charge in [-0.2, -0.15) is 5.10 Å². The lowest BCUT2D eigenvalue weighted by Gasteiger charge is -2.20. The molecule has 4 rings (SSSR count). The van der Waals surface area contributed by atoms with Crippen LogP contribution in [0.25, 0.3) is 11.0 Å². The molecule has 27 heavy (non-hydrogen) atoms. The molecule has 1 unspecified atom stereocenters. The van der Waals surface area contributed by atoms with Crippen molar-refractivity contribution in [3.63, 3.8) is 0 Å². The normalized spacial score (nSPS) is 16.4. The van der Waals surface area contributed by atoms with Crippen LogP contribution < -0.4 is 10.3 Å². The number of hydrogen-bond donors (Lipinski definition) is 1. The van der Waals surface area contributed by atoms with Gasteiger partial charge < -0.3 is 9.73 Å². The number of nitrogens with zero attached hydrogens (tertiary/aromatic N) is 2. The minimum absolute atomic E-state index is 0.0253. The van der Waals surface area contributed by atoms with Gasteiger partial charge in [0.05, 0.1) is 12.2 Å². The van der Waals surface area contributed by atoms with Crippen LogP contribution in [0.4, 0.5) is 5.69 Å². The number of rotatable bonds is 5. The number of anilines is 1. The van der Waals surface area contributed by atoms with E-state index in [2.05, 4.69) is 10.4 Å². The summed E-state index contributed by atoms with van der Waals surface area (Å²) < 4.78 is 5.71. The first kappa shape index (κ1) is 17.0. The number of Topliss-reactive ketones (excluding diaryl/α,β-unsaturated/α-hetero) is 1. The van der Waals surface area contributed by atoms with Crippen molar-refractivity contribution in [2.24, 2.45) is 5.10 Å². The number of hydrogen-bond acceptors (Lipinski definition) is 5. The van der Waals surface area contributed by atoms with Crippen molar-refractivity contribution in [2.75, 3.05) is 5.01 Å². The fourth-order valence-corrected chi connectivity index (χ4v) is 3.18. The van der Waals surface area contributed by atoms with Crippen LogP contribution in [0.15, 0.2) is 70.2 Å². The molecular formula is C21H19N3O3. The maximum atomic E-state index is 12.6. The Bertz CT molecular complexity index is 990. The smallest absolute Gasteiger partial charge is 0.267 e. The van der Waals surface area contributed by atoms with E-state index >= 15 is 0 Å². The zero-order valence-electron chi connectivity index (χ0n) is 14.9. The molecule has 6 nitrogen and oxygen atoms in total. The van der Waals surface area contributed by atoms with Crippen molar-refractivity contribution in [1.29, 1.82) is 0 Å². The number of furan rings is 1. The predicted octanol–water partition coefficient (Wildman–Crippen LogP) is 3.27. The van der Waals surface area contributed by atoms with Crippen LogP contribution in [0.2, 0.25) is 0 Å². The average Bonchev–Trinajstić information content (AvgIpc) is 3.31. The minimum Gasteiger partial charge on any atom is -0.459 e. The second-order valence-corrected chi connectivity index (χ2v) is 6.49. The summed E-state index contributed by atoms with van der Waals surface area (Å²) >= 11 is 0. The Kier molecular flexibility index (Phi) is 4.46. The Morgan fingerprint density at radius 2 is 1.89 bits per heavy atom. The minimum atomic E-state index is -0.459. The maximum absolute atomic E-state index is 12.6. The Morgan fingerprint density at radius 1 is 1.15 bits per heavy atom. The van der Waals surface area contributed by atoms with Crippen LogP contribution >= 0.6 is 0 Å². The molecule has 0 radical (unpaired) electrons. The molecule has 6 heteroatoms. The summed E-state index contributed by atoms with van der Waals surface area (Å²) in [5.74, 6) is 0.356. The number of benzene rings is 2. The van der Waals surface area contributed by atoms with Crippen LogP contribution in [0.1, 0.15) is 19.1 Å². The summed E-state index contributed by atoms with van der Waals surface area (Å²) in [6.07, 6.45) is 0.288. The molecule has 1 amide bonds. The number of carbonyl (C=O) groups excluding carboxylic acids is 2. The van der Waals surface area contributed by atoms with Crippen LogP contribution in [-0.2, 0) is 16.1 Å². The van der Waals surface area contributed by atoms with E-state index in [0.29, 0.717) is 11.5 Å². The van der Waals surface area contributed by atoms with E-state index in [9.17, 15) is 9.59 Å². The highest BCUT2D eigenvalue weighted by Gasteiger charge is 2.34. The zero-order valence-corrected chi connectivity index (χ0v) is 14.9. The Balaban J connectivity index is 1.48. The number of ketones is 1. The lowest BCUT2D eigenvalue weighted by atomic mass is 10.1. The number of fused-ring (bicyclic) bond motifs is 1. The molecule has 1 aromatic heterocycles. The molecule has 0 saturated heterocycles. The van der Waals surface area contributed by atoms with E-state index in [1.54, 1.807) is 5.01 Å². The SMILES string of the molecule is CC(=O)C1CC(C(=O)NCc2cc3ccccc3o2)=NN1c1ccccc1. The first-order valence-corrected chi connectivity index (χ1v) is 8.79. The molecule has 2 aromatic carbocycles. The molecule has 2 heterocycles. The predicted molar refractivity (Wildman–Crippen MR) is 104 cm³/mol. The second kappa shape index (κ2) is 7.07. The molecule has 0 spiro atoms. The van der Waals surface area contributed by atoms with Crippen molar-refractivity contribution in [2.45, 2.75) is 25.9 Å². The van der Waals surface area contributed by atoms with Gasteiger partial charge in [0, 0.05) is 11.8 Å². The van der Waals surface area contributed by atoms with E-state index in [1.165, 1.54) is 6.92 Å². The van der Waals surface area contributed by atoms with Crippen LogP contribution in [0.5, 0.6) is 0 Å². The monoisotopic (exact) mass is 361 g/mol. The van der Waals surface area contributed by atoms with Gasteiger partial charge in [0.25, 0.3) is 5.91 Å². The number of amides is 1. The summed E-state index contributed by atoms with van der Waals surface area (Å²) in [5, 5.41) is 9.85. The molecule has 1 N–H and O–H groups in total. The first-order valence-electron chi connectivity index (χ1n) is 8.79. The van der Waals surface area contributed by atoms with E-state index in [1.807, 2.05) is 60.7 Å². The first-order chi connectivity index (χ1) is 13.1. The third-order valence-electron chi connectivity index (χ3n) is 4.56. The summed E-state index contributed by atoms with van der Waals surface area (Å²) in [6, 6.07) is 18.5. The fraction of sp³-hybridized carbons (Fsp3) is 0.190. The molecule has 3 aromatic rings. The third-order valence-corrected chi connectivity index (χ3v) is 4.56. The highest BCUT2D eigenvalue weighted by molar-refractivity contribution is 6.40. The molecule has 136 valence electrons. The van der Waals surface area contributed by atoms with Crippen molar-refractivity contribution >= 4 is 34.1 Å². The number of para-hydroxylation sites is 2. The second-order valence-electron chi connectivity index (χ2n) is 6.49. The number of nitrogens with one attached hydrogen (secondary N) is 1. The average molecular weight is 361 g/mol. The van der Waals surface area contributed by atoms with E-state index in [-0.39, 0.29) is 24.7 Å². The molecule has 1 atom stereocenters. The van der Waals surface area contributed by atoms with Gasteiger partial charge in [0.1, 0.15) is 23.1 Å². The van der Waals surface area contributed by atoms with E-state index < -0.39 is 6.04 Å². The Hall–Kier alpha value is -3.41. The Labute approximate surface area is 156 Å². The zero-order chi connectivity index (χ0) is 18.8. The largest absolute Gasteiger partial charge is 0.459 e. The van der Waals surface area contributed by atoms with E-state index in [4.69, 9.17) is 4.42 Å². The summed E-state index contributed by atoms with van der Waals surface area (Å²) in [6.45, 7) is 1.79.